The molecule has 6 nitrogen and oxygen atoms in total. The van der Waals surface area contributed by atoms with Gasteiger partial charge in [0.15, 0.2) is 0 Å². The average molecular weight is 396 g/mol. The van der Waals surface area contributed by atoms with Crippen LogP contribution in [0, 0.1) is 0 Å². The first-order chi connectivity index (χ1) is 14.0. The first kappa shape index (κ1) is 20.9. The molecule has 1 amide bonds. The Bertz CT molecular complexity index is 818. The normalized spacial score (nSPS) is 15.9. The van der Waals surface area contributed by atoms with Gasteiger partial charge in [0, 0.05) is 36.1 Å². The molecule has 1 aliphatic heterocycles. The van der Waals surface area contributed by atoms with Crippen molar-refractivity contribution in [2.45, 2.75) is 32.7 Å². The number of rotatable bonds is 9. The van der Waals surface area contributed by atoms with Gasteiger partial charge < -0.3 is 20.3 Å². The molecule has 0 bridgehead atoms. The minimum atomic E-state index is -0.144. The summed E-state index contributed by atoms with van der Waals surface area (Å²) in [5, 5.41) is 6.23. The number of nitrogens with one attached hydrogen (secondary N) is 2. The summed E-state index contributed by atoms with van der Waals surface area (Å²) < 4.78 is 5.55. The van der Waals surface area contributed by atoms with E-state index in [0.29, 0.717) is 24.8 Å². The zero-order valence-electron chi connectivity index (χ0n) is 17.1. The topological polar surface area (TPSA) is 70.7 Å². The Labute approximate surface area is 172 Å². The largest absolute Gasteiger partial charge is 0.494 e. The number of carbonyl (C=O) groups excluding carboxylic acids is 2. The van der Waals surface area contributed by atoms with Crippen molar-refractivity contribution in [2.24, 2.45) is 0 Å². The van der Waals surface area contributed by atoms with Gasteiger partial charge in [-0.15, -0.1) is 0 Å². The monoisotopic (exact) mass is 395 g/mol. The Morgan fingerprint density at radius 2 is 1.83 bits per heavy atom. The van der Waals surface area contributed by atoms with Crippen LogP contribution in [-0.2, 0) is 4.79 Å². The molecule has 0 spiro atoms. The predicted molar refractivity (Wildman–Crippen MR) is 116 cm³/mol. The lowest BCUT2D eigenvalue weighted by Gasteiger charge is -2.19. The molecular weight excluding hydrogens is 366 g/mol. The second-order valence-electron chi connectivity index (χ2n) is 7.39. The molecule has 29 heavy (non-hydrogen) atoms. The third kappa shape index (κ3) is 6.06. The van der Waals surface area contributed by atoms with Gasteiger partial charge in [0.2, 0.25) is 0 Å². The fraction of sp³-hybridized carbons (Fsp3) is 0.391. The molecule has 2 N–H and O–H groups in total. The Morgan fingerprint density at radius 1 is 1.10 bits per heavy atom. The number of hydrogen-bond donors (Lipinski definition) is 2. The zero-order chi connectivity index (χ0) is 20.6. The predicted octanol–water partition coefficient (Wildman–Crippen LogP) is 3.49. The van der Waals surface area contributed by atoms with Crippen LogP contribution < -0.4 is 20.3 Å². The zero-order valence-corrected chi connectivity index (χ0v) is 17.1. The van der Waals surface area contributed by atoms with E-state index in [1.165, 1.54) is 0 Å². The molecular formula is C23H29N3O3. The Hall–Kier alpha value is -2.86. The van der Waals surface area contributed by atoms with Gasteiger partial charge >= 0.3 is 0 Å². The standard InChI is InChI=1S/C23H29N3O3/c1-3-14-29-22-10-4-18(5-11-22)23(28)25-19-6-8-21(9-7-19)26-13-12-20(16-26)24-15-17(2)27/h4-11,20,24H,3,12-16H2,1-2H3,(H,25,28). The summed E-state index contributed by atoms with van der Waals surface area (Å²) in [5.74, 6) is 0.788. The van der Waals surface area contributed by atoms with Crippen LogP contribution in [0.4, 0.5) is 11.4 Å². The first-order valence-electron chi connectivity index (χ1n) is 10.2. The lowest BCUT2D eigenvalue weighted by molar-refractivity contribution is -0.116. The Kier molecular flexibility index (Phi) is 7.25. The van der Waals surface area contributed by atoms with E-state index in [2.05, 4.69) is 22.5 Å². The van der Waals surface area contributed by atoms with Gasteiger partial charge in [0.25, 0.3) is 5.91 Å². The number of hydrogen-bond acceptors (Lipinski definition) is 5. The molecule has 154 valence electrons. The van der Waals surface area contributed by atoms with Crippen LogP contribution in [0.15, 0.2) is 48.5 Å². The second kappa shape index (κ2) is 10.1. The van der Waals surface area contributed by atoms with Gasteiger partial charge in [-0.1, -0.05) is 6.92 Å². The number of amides is 1. The van der Waals surface area contributed by atoms with E-state index in [-0.39, 0.29) is 11.7 Å². The molecule has 1 unspecified atom stereocenters. The highest BCUT2D eigenvalue weighted by atomic mass is 16.5. The SMILES string of the molecule is CCCOc1ccc(C(=O)Nc2ccc(N3CCC(NCC(C)=O)C3)cc2)cc1. The fourth-order valence-electron chi connectivity index (χ4n) is 3.33. The number of carbonyl (C=O) groups is 2. The number of ketones is 1. The fourth-order valence-corrected chi connectivity index (χ4v) is 3.33. The van der Waals surface area contributed by atoms with E-state index in [1.54, 1.807) is 19.1 Å². The van der Waals surface area contributed by atoms with Crippen molar-refractivity contribution in [1.82, 2.24) is 5.32 Å². The molecule has 2 aromatic carbocycles. The highest BCUT2D eigenvalue weighted by molar-refractivity contribution is 6.04. The van der Waals surface area contributed by atoms with Crippen LogP contribution in [0.5, 0.6) is 5.75 Å². The Morgan fingerprint density at radius 3 is 2.48 bits per heavy atom. The minimum Gasteiger partial charge on any atom is -0.494 e. The van der Waals surface area contributed by atoms with Crippen molar-refractivity contribution >= 4 is 23.1 Å². The van der Waals surface area contributed by atoms with Crippen molar-refractivity contribution in [2.75, 3.05) is 36.5 Å². The van der Waals surface area contributed by atoms with Crippen molar-refractivity contribution in [3.05, 3.63) is 54.1 Å². The van der Waals surface area contributed by atoms with Crippen LogP contribution in [0.25, 0.3) is 0 Å². The summed E-state index contributed by atoms with van der Waals surface area (Å²) in [5.41, 5.74) is 2.47. The maximum atomic E-state index is 12.5. The van der Waals surface area contributed by atoms with Gasteiger partial charge in [-0.25, -0.2) is 0 Å². The summed E-state index contributed by atoms with van der Waals surface area (Å²) >= 11 is 0. The highest BCUT2D eigenvalue weighted by Crippen LogP contribution is 2.23. The molecule has 0 saturated carbocycles. The van der Waals surface area contributed by atoms with Gasteiger partial charge in [-0.2, -0.15) is 0 Å². The Balaban J connectivity index is 1.52. The van der Waals surface area contributed by atoms with Crippen LogP contribution in [0.2, 0.25) is 0 Å². The smallest absolute Gasteiger partial charge is 0.255 e. The summed E-state index contributed by atoms with van der Waals surface area (Å²) in [6.45, 7) is 6.58. The number of anilines is 2. The van der Waals surface area contributed by atoms with Crippen molar-refractivity contribution in [3.63, 3.8) is 0 Å². The molecule has 1 aliphatic rings. The third-order valence-corrected chi connectivity index (χ3v) is 4.91. The number of ether oxygens (including phenoxy) is 1. The highest BCUT2D eigenvalue weighted by Gasteiger charge is 2.22. The second-order valence-corrected chi connectivity index (χ2v) is 7.39. The van der Waals surface area contributed by atoms with Crippen LogP contribution in [-0.4, -0.2) is 44.0 Å². The van der Waals surface area contributed by atoms with Crippen LogP contribution in [0.1, 0.15) is 37.0 Å². The number of Topliss-reactive ketones (excluding diaryl/α,β-unsaturated/α-hetero) is 1. The molecule has 1 atom stereocenters. The van der Waals surface area contributed by atoms with Gasteiger partial charge in [-0.05, 0) is 68.3 Å². The van der Waals surface area contributed by atoms with E-state index in [9.17, 15) is 9.59 Å². The molecule has 1 fully saturated rings. The lowest BCUT2D eigenvalue weighted by atomic mass is 10.2. The van der Waals surface area contributed by atoms with Crippen molar-refractivity contribution in [3.8, 4) is 5.75 Å². The molecule has 6 heteroatoms. The van der Waals surface area contributed by atoms with Gasteiger partial charge in [0.1, 0.15) is 11.5 Å². The molecule has 3 rings (SSSR count). The van der Waals surface area contributed by atoms with Crippen LogP contribution in [0.3, 0.4) is 0 Å². The number of nitrogens with zero attached hydrogens (tertiary/aromatic N) is 1. The van der Waals surface area contributed by atoms with Crippen LogP contribution >= 0.6 is 0 Å². The summed E-state index contributed by atoms with van der Waals surface area (Å²) in [6.07, 6.45) is 1.97. The third-order valence-electron chi connectivity index (χ3n) is 4.91. The summed E-state index contributed by atoms with van der Waals surface area (Å²) in [6, 6.07) is 15.4. The molecule has 1 heterocycles. The molecule has 2 aromatic rings. The lowest BCUT2D eigenvalue weighted by Crippen LogP contribution is -2.35. The number of benzene rings is 2. The van der Waals surface area contributed by atoms with E-state index in [0.717, 1.165) is 43.1 Å². The molecule has 0 radical (unpaired) electrons. The van der Waals surface area contributed by atoms with Crippen molar-refractivity contribution < 1.29 is 14.3 Å². The maximum absolute atomic E-state index is 12.5. The molecule has 0 aliphatic carbocycles. The van der Waals surface area contributed by atoms with E-state index in [1.807, 2.05) is 36.4 Å². The average Bonchev–Trinajstić information content (AvgIpc) is 3.21. The quantitative estimate of drug-likeness (QED) is 0.680. The molecule has 0 aromatic heterocycles. The minimum absolute atomic E-state index is 0.144. The summed E-state index contributed by atoms with van der Waals surface area (Å²) in [7, 11) is 0. The summed E-state index contributed by atoms with van der Waals surface area (Å²) in [4.78, 5) is 25.9. The maximum Gasteiger partial charge on any atom is 0.255 e. The molecule has 1 saturated heterocycles. The van der Waals surface area contributed by atoms with Gasteiger partial charge in [-0.3, -0.25) is 9.59 Å². The first-order valence-corrected chi connectivity index (χ1v) is 10.2. The van der Waals surface area contributed by atoms with E-state index >= 15 is 0 Å². The van der Waals surface area contributed by atoms with Crippen molar-refractivity contribution in [1.29, 1.82) is 0 Å². The van der Waals surface area contributed by atoms with E-state index in [4.69, 9.17) is 4.74 Å². The van der Waals surface area contributed by atoms with E-state index < -0.39 is 0 Å². The van der Waals surface area contributed by atoms with Gasteiger partial charge in [0.05, 0.1) is 13.2 Å².